The van der Waals surface area contributed by atoms with Crippen LogP contribution >= 0.6 is 0 Å². The zero-order chi connectivity index (χ0) is 12.7. The lowest BCUT2D eigenvalue weighted by molar-refractivity contribution is -0.120. The zero-order valence-corrected chi connectivity index (χ0v) is 10.3. The molecule has 0 spiro atoms. The first-order valence-electron chi connectivity index (χ1n) is 5.89. The fourth-order valence-corrected chi connectivity index (χ4v) is 1.58. The minimum Gasteiger partial charge on any atom is -0.348 e. The van der Waals surface area contributed by atoms with Crippen molar-refractivity contribution >= 4 is 5.91 Å². The molecule has 2 N–H and O–H groups in total. The van der Waals surface area contributed by atoms with E-state index in [-0.39, 0.29) is 24.3 Å². The zero-order valence-electron chi connectivity index (χ0n) is 10.3. The Balaban J connectivity index is 2.46. The van der Waals surface area contributed by atoms with Crippen LogP contribution in [-0.4, -0.2) is 19.0 Å². The van der Waals surface area contributed by atoms with E-state index in [1.54, 1.807) is 25.1 Å². The lowest BCUT2D eigenvalue weighted by Crippen LogP contribution is -2.35. The van der Waals surface area contributed by atoms with E-state index in [1.165, 1.54) is 6.07 Å². The second-order valence-corrected chi connectivity index (χ2v) is 3.99. The van der Waals surface area contributed by atoms with E-state index in [0.29, 0.717) is 5.56 Å². The summed E-state index contributed by atoms with van der Waals surface area (Å²) in [5.41, 5.74) is 0.511. The minimum atomic E-state index is -0.313. The Morgan fingerprint density at radius 2 is 2.12 bits per heavy atom. The first kappa shape index (κ1) is 13.6. The monoisotopic (exact) mass is 238 g/mol. The van der Waals surface area contributed by atoms with E-state index in [1.807, 2.05) is 6.92 Å². The first-order valence-corrected chi connectivity index (χ1v) is 5.89. The lowest BCUT2D eigenvalue weighted by atomic mass is 10.1. The molecule has 17 heavy (non-hydrogen) atoms. The number of hydrogen-bond donors (Lipinski definition) is 2. The number of amides is 1. The number of benzene rings is 1. The molecule has 0 aromatic heterocycles. The summed E-state index contributed by atoms with van der Waals surface area (Å²) < 4.78 is 13.4. The SMILES string of the molecule is CCCNCC(=O)NC(C)c1ccccc1F. The van der Waals surface area contributed by atoms with Gasteiger partial charge in [0, 0.05) is 5.56 Å². The smallest absolute Gasteiger partial charge is 0.234 e. The van der Waals surface area contributed by atoms with Crippen LogP contribution in [0.3, 0.4) is 0 Å². The van der Waals surface area contributed by atoms with Crippen LogP contribution in [0.1, 0.15) is 31.9 Å². The lowest BCUT2D eigenvalue weighted by Gasteiger charge is -2.15. The molecule has 1 aromatic carbocycles. The molecular formula is C13H19FN2O. The molecule has 0 saturated carbocycles. The van der Waals surface area contributed by atoms with Crippen molar-refractivity contribution in [1.82, 2.24) is 10.6 Å². The normalized spacial score (nSPS) is 12.2. The average Bonchev–Trinajstić information content (AvgIpc) is 2.29. The summed E-state index contributed by atoms with van der Waals surface area (Å²) in [4.78, 5) is 11.5. The van der Waals surface area contributed by atoms with Crippen molar-refractivity contribution in [2.45, 2.75) is 26.3 Å². The second-order valence-electron chi connectivity index (χ2n) is 3.99. The Morgan fingerprint density at radius 3 is 2.76 bits per heavy atom. The number of nitrogens with one attached hydrogen (secondary N) is 2. The van der Waals surface area contributed by atoms with Crippen LogP contribution in [0.25, 0.3) is 0 Å². The van der Waals surface area contributed by atoms with Gasteiger partial charge in [0.1, 0.15) is 5.82 Å². The molecule has 4 heteroatoms. The summed E-state index contributed by atoms with van der Waals surface area (Å²) in [6, 6.07) is 6.16. The van der Waals surface area contributed by atoms with Crippen molar-refractivity contribution in [3.8, 4) is 0 Å². The Labute approximate surface area is 101 Å². The van der Waals surface area contributed by atoms with E-state index < -0.39 is 0 Å². The maximum absolute atomic E-state index is 13.4. The third kappa shape index (κ3) is 4.53. The molecule has 1 unspecified atom stereocenters. The topological polar surface area (TPSA) is 41.1 Å². The molecular weight excluding hydrogens is 219 g/mol. The summed E-state index contributed by atoms with van der Waals surface area (Å²) in [7, 11) is 0. The summed E-state index contributed by atoms with van der Waals surface area (Å²) in [6.45, 7) is 4.89. The third-order valence-corrected chi connectivity index (χ3v) is 2.46. The molecule has 0 fully saturated rings. The molecule has 94 valence electrons. The van der Waals surface area contributed by atoms with Crippen LogP contribution in [0, 0.1) is 5.82 Å². The number of halogens is 1. The van der Waals surface area contributed by atoms with Gasteiger partial charge in [0.15, 0.2) is 0 Å². The number of rotatable bonds is 6. The minimum absolute atomic E-state index is 0.116. The standard InChI is InChI=1S/C13H19FN2O/c1-3-8-15-9-13(17)16-10(2)11-6-4-5-7-12(11)14/h4-7,10,15H,3,8-9H2,1-2H3,(H,16,17). The molecule has 1 atom stereocenters. The molecule has 0 aliphatic heterocycles. The molecule has 0 aliphatic rings. The van der Waals surface area contributed by atoms with Crippen molar-refractivity contribution < 1.29 is 9.18 Å². The van der Waals surface area contributed by atoms with E-state index in [9.17, 15) is 9.18 Å². The molecule has 0 radical (unpaired) electrons. The molecule has 1 aromatic rings. The van der Waals surface area contributed by atoms with Crippen molar-refractivity contribution in [3.05, 3.63) is 35.6 Å². The van der Waals surface area contributed by atoms with Crippen LogP contribution in [-0.2, 0) is 4.79 Å². The van der Waals surface area contributed by atoms with Gasteiger partial charge in [-0.05, 0) is 26.0 Å². The number of carbonyl (C=O) groups is 1. The average molecular weight is 238 g/mol. The number of carbonyl (C=O) groups excluding carboxylic acids is 1. The summed E-state index contributed by atoms with van der Waals surface area (Å²) in [5, 5.41) is 5.75. The van der Waals surface area contributed by atoms with Gasteiger partial charge in [-0.2, -0.15) is 0 Å². The molecule has 1 amide bonds. The van der Waals surface area contributed by atoms with E-state index in [2.05, 4.69) is 10.6 Å². The third-order valence-electron chi connectivity index (χ3n) is 2.46. The summed E-state index contributed by atoms with van der Waals surface area (Å²) in [6.07, 6.45) is 0.982. The molecule has 3 nitrogen and oxygen atoms in total. The van der Waals surface area contributed by atoms with Crippen molar-refractivity contribution in [2.75, 3.05) is 13.1 Å². The predicted octanol–water partition coefficient (Wildman–Crippen LogP) is 2.00. The predicted molar refractivity (Wildman–Crippen MR) is 66.1 cm³/mol. The van der Waals surface area contributed by atoms with Gasteiger partial charge in [0.05, 0.1) is 12.6 Å². The van der Waals surface area contributed by atoms with Gasteiger partial charge in [0.25, 0.3) is 0 Å². The molecule has 0 saturated heterocycles. The van der Waals surface area contributed by atoms with Gasteiger partial charge < -0.3 is 10.6 Å². The van der Waals surface area contributed by atoms with Crippen molar-refractivity contribution in [1.29, 1.82) is 0 Å². The fraction of sp³-hybridized carbons (Fsp3) is 0.462. The van der Waals surface area contributed by atoms with Gasteiger partial charge in [-0.3, -0.25) is 4.79 Å². The highest BCUT2D eigenvalue weighted by molar-refractivity contribution is 5.78. The van der Waals surface area contributed by atoms with Gasteiger partial charge in [-0.25, -0.2) is 4.39 Å². The highest BCUT2D eigenvalue weighted by Crippen LogP contribution is 2.15. The van der Waals surface area contributed by atoms with Gasteiger partial charge >= 0.3 is 0 Å². The van der Waals surface area contributed by atoms with Crippen LogP contribution in [0.5, 0.6) is 0 Å². The highest BCUT2D eigenvalue weighted by atomic mass is 19.1. The van der Waals surface area contributed by atoms with Crippen LogP contribution in [0.4, 0.5) is 4.39 Å². The van der Waals surface area contributed by atoms with Crippen LogP contribution in [0.2, 0.25) is 0 Å². The highest BCUT2D eigenvalue weighted by Gasteiger charge is 2.12. The Bertz CT molecular complexity index is 368. The number of hydrogen-bond acceptors (Lipinski definition) is 2. The summed E-state index contributed by atoms with van der Waals surface area (Å²) >= 11 is 0. The maximum atomic E-state index is 13.4. The van der Waals surface area contributed by atoms with Gasteiger partial charge in [-0.1, -0.05) is 25.1 Å². The molecule has 0 bridgehead atoms. The van der Waals surface area contributed by atoms with Crippen LogP contribution in [0.15, 0.2) is 24.3 Å². The Kier molecular flexibility index (Phi) is 5.63. The fourth-order valence-electron chi connectivity index (χ4n) is 1.58. The van der Waals surface area contributed by atoms with Gasteiger partial charge in [0.2, 0.25) is 5.91 Å². The maximum Gasteiger partial charge on any atom is 0.234 e. The Hall–Kier alpha value is -1.42. The first-order chi connectivity index (χ1) is 8.15. The van der Waals surface area contributed by atoms with E-state index in [0.717, 1.165) is 13.0 Å². The van der Waals surface area contributed by atoms with Crippen LogP contribution < -0.4 is 10.6 Å². The molecule has 0 aliphatic carbocycles. The quantitative estimate of drug-likeness (QED) is 0.744. The van der Waals surface area contributed by atoms with Crippen molar-refractivity contribution in [3.63, 3.8) is 0 Å². The van der Waals surface area contributed by atoms with Crippen molar-refractivity contribution in [2.24, 2.45) is 0 Å². The molecule has 0 heterocycles. The summed E-state index contributed by atoms with van der Waals surface area (Å²) in [5.74, 6) is -0.406. The molecule has 1 rings (SSSR count). The van der Waals surface area contributed by atoms with E-state index in [4.69, 9.17) is 0 Å². The second kappa shape index (κ2) is 7.01. The van der Waals surface area contributed by atoms with Gasteiger partial charge in [-0.15, -0.1) is 0 Å². The largest absolute Gasteiger partial charge is 0.348 e. The Morgan fingerprint density at radius 1 is 1.41 bits per heavy atom. The van der Waals surface area contributed by atoms with E-state index >= 15 is 0 Å².